The molecule has 0 fully saturated rings. The van der Waals surface area contributed by atoms with Gasteiger partial charge in [-0.25, -0.2) is 0 Å². The van der Waals surface area contributed by atoms with Gasteiger partial charge in [-0.1, -0.05) is 0 Å². The smallest absolute Gasteiger partial charge is 0 e. The van der Waals surface area contributed by atoms with Crippen LogP contribution in [0.25, 0.3) is 0 Å². The van der Waals surface area contributed by atoms with E-state index in [9.17, 15) is 0 Å². The molecule has 0 aromatic rings. The fourth-order valence-electron chi connectivity index (χ4n) is 0. The first-order chi connectivity index (χ1) is 0. The first-order valence-electron chi connectivity index (χ1n) is 0. The standard InChI is InChI=1S/B.Co.Fe.Ti. The maximum absolute atomic E-state index is 0. The van der Waals surface area contributed by atoms with Crippen molar-refractivity contribution in [1.82, 2.24) is 0 Å². The fourth-order valence-corrected chi connectivity index (χ4v) is 0. The van der Waals surface area contributed by atoms with Crippen molar-refractivity contribution in [1.29, 1.82) is 0 Å². The van der Waals surface area contributed by atoms with Gasteiger partial charge in [0.05, 0.1) is 0 Å². The third kappa shape index (κ3) is 9.19. The van der Waals surface area contributed by atoms with Crippen molar-refractivity contribution in [2.24, 2.45) is 0 Å². The molecule has 0 aromatic carbocycles. The van der Waals surface area contributed by atoms with E-state index in [0.717, 1.165) is 0 Å². The third-order valence-corrected chi connectivity index (χ3v) is 0. The molecule has 0 unspecified atom stereocenters. The number of hydrogen-bond acceptors (Lipinski definition) is 0. The minimum Gasteiger partial charge on any atom is 0 e. The van der Waals surface area contributed by atoms with Crippen LogP contribution in [0.2, 0.25) is 0 Å². The molecule has 0 aromatic heterocycles. The topological polar surface area (TPSA) is 0 Å². The summed E-state index contributed by atoms with van der Waals surface area (Å²) < 4.78 is 0. The summed E-state index contributed by atoms with van der Waals surface area (Å²) >= 11 is 0. The van der Waals surface area contributed by atoms with Crippen molar-refractivity contribution in [2.45, 2.75) is 0 Å². The van der Waals surface area contributed by atoms with Gasteiger partial charge in [-0.2, -0.15) is 0 Å². The molecule has 0 spiro atoms. The summed E-state index contributed by atoms with van der Waals surface area (Å²) in [6.45, 7) is 0. The molecule has 0 rings (SSSR count). The van der Waals surface area contributed by atoms with E-state index >= 15 is 0 Å². The maximum atomic E-state index is 0. The largest absolute Gasteiger partial charge is 0 e. The molecule has 0 saturated carbocycles. The van der Waals surface area contributed by atoms with Crippen molar-refractivity contribution in [2.75, 3.05) is 0 Å². The summed E-state index contributed by atoms with van der Waals surface area (Å²) in [7, 11) is 0. The molecule has 0 nitrogen and oxygen atoms in total. The van der Waals surface area contributed by atoms with Crippen LogP contribution in [0, 0.1) is 0 Å². The van der Waals surface area contributed by atoms with Crippen LogP contribution in [0.1, 0.15) is 0 Å². The number of rotatable bonds is 0. The molecule has 0 amide bonds. The summed E-state index contributed by atoms with van der Waals surface area (Å²) in [4.78, 5) is 0. The minimum absolute atomic E-state index is 0. The first kappa shape index (κ1) is 41.1. The summed E-state index contributed by atoms with van der Waals surface area (Å²) in [5.41, 5.74) is 0. The van der Waals surface area contributed by atoms with Crippen molar-refractivity contribution >= 4 is 8.41 Å². The molecule has 0 heterocycles. The molecule has 0 aliphatic rings. The van der Waals surface area contributed by atoms with Crippen LogP contribution in [0.15, 0.2) is 0 Å². The first-order valence-corrected chi connectivity index (χ1v) is 0. The Labute approximate surface area is 63.6 Å². The minimum atomic E-state index is 0. The molecule has 24 valence electrons. The molecule has 4 heavy (non-hydrogen) atoms. The Bertz CT molecular complexity index is 8.00. The third-order valence-electron chi connectivity index (χ3n) is 0. The zero-order valence-corrected chi connectivity index (χ0v) is 5.47. The normalized spacial score (nSPS) is 0. The Balaban J connectivity index is 0. The van der Waals surface area contributed by atoms with Gasteiger partial charge in [-0.3, -0.25) is 0 Å². The predicted octanol–water partition coefficient (Wildman–Crippen LogP) is -0.388. The van der Waals surface area contributed by atoms with E-state index in [1.165, 1.54) is 0 Å². The van der Waals surface area contributed by atoms with Gasteiger partial charge in [0.2, 0.25) is 0 Å². The molecule has 0 N–H and O–H groups in total. The Kier molecular flexibility index (Phi) is 220. The van der Waals surface area contributed by atoms with Gasteiger partial charge >= 0.3 is 0 Å². The molecule has 4 heteroatoms. The zero-order chi connectivity index (χ0) is 0. The van der Waals surface area contributed by atoms with Crippen LogP contribution >= 0.6 is 0 Å². The Morgan fingerprint density at radius 1 is 1.00 bits per heavy atom. The van der Waals surface area contributed by atoms with Crippen molar-refractivity contribution in [3.8, 4) is 0 Å². The van der Waals surface area contributed by atoms with E-state index < -0.39 is 0 Å². The molecule has 0 saturated heterocycles. The summed E-state index contributed by atoms with van der Waals surface area (Å²) in [6.07, 6.45) is 0. The Morgan fingerprint density at radius 3 is 1.00 bits per heavy atom. The van der Waals surface area contributed by atoms with Crippen molar-refractivity contribution in [3.63, 3.8) is 0 Å². The quantitative estimate of drug-likeness (QED) is 0.438. The monoisotopic (exact) mass is 174 g/mol. The van der Waals surface area contributed by atoms with Gasteiger partial charge in [-0.05, 0) is 0 Å². The van der Waals surface area contributed by atoms with Crippen LogP contribution in [0.3, 0.4) is 0 Å². The average molecular weight is 173 g/mol. The van der Waals surface area contributed by atoms with E-state index in [0.29, 0.717) is 0 Å². The second-order valence-corrected chi connectivity index (χ2v) is 0. The van der Waals surface area contributed by atoms with Gasteiger partial charge in [0.15, 0.2) is 0 Å². The van der Waals surface area contributed by atoms with Crippen LogP contribution in [-0.2, 0) is 55.6 Å². The van der Waals surface area contributed by atoms with Crippen LogP contribution in [-0.4, -0.2) is 8.41 Å². The van der Waals surface area contributed by atoms with E-state index in [1.807, 2.05) is 0 Å². The second kappa shape index (κ2) is 21.4. The van der Waals surface area contributed by atoms with Crippen molar-refractivity contribution < 1.29 is 55.6 Å². The predicted molar refractivity (Wildman–Crippen MR) is 5.75 cm³/mol. The van der Waals surface area contributed by atoms with Gasteiger partial charge in [0.25, 0.3) is 0 Å². The van der Waals surface area contributed by atoms with Crippen LogP contribution in [0.4, 0.5) is 0 Å². The molecule has 0 bridgehead atoms. The Hall–Kier alpha value is 1.81. The van der Waals surface area contributed by atoms with Crippen LogP contribution in [0.5, 0.6) is 0 Å². The second-order valence-electron chi connectivity index (χ2n) is 0. The fraction of sp³-hybridized carbons (Fsp3) is 0. The van der Waals surface area contributed by atoms with Gasteiger partial charge in [-0.15, -0.1) is 0 Å². The average Bonchev–Trinajstić information content (AvgIpc) is 0. The molecular formula is BCoFeTi. The van der Waals surface area contributed by atoms with Crippen molar-refractivity contribution in [3.05, 3.63) is 0 Å². The van der Waals surface area contributed by atoms with Gasteiger partial charge in [0.1, 0.15) is 0 Å². The SMILES string of the molecule is [B].[Co].[Fe].[Ti]. The maximum Gasteiger partial charge on any atom is 0 e. The molecular weight excluding hydrogens is 173 g/mol. The molecule has 0 aliphatic carbocycles. The van der Waals surface area contributed by atoms with E-state index in [1.54, 1.807) is 0 Å². The molecule has 4 radical (unpaired) electrons. The van der Waals surface area contributed by atoms with Crippen LogP contribution < -0.4 is 0 Å². The molecule has 0 atom stereocenters. The van der Waals surface area contributed by atoms with Gasteiger partial charge in [0, 0.05) is 64.0 Å². The van der Waals surface area contributed by atoms with E-state index in [2.05, 4.69) is 0 Å². The van der Waals surface area contributed by atoms with E-state index in [4.69, 9.17) is 0 Å². The Morgan fingerprint density at radius 2 is 1.00 bits per heavy atom. The summed E-state index contributed by atoms with van der Waals surface area (Å²) in [6, 6.07) is 0. The van der Waals surface area contributed by atoms with Gasteiger partial charge < -0.3 is 0 Å². The molecule has 0 aliphatic heterocycles. The van der Waals surface area contributed by atoms with E-state index in [-0.39, 0.29) is 64.0 Å². The summed E-state index contributed by atoms with van der Waals surface area (Å²) in [5.74, 6) is 0. The number of hydrogen-bond donors (Lipinski definition) is 0. The summed E-state index contributed by atoms with van der Waals surface area (Å²) in [5, 5.41) is 0. The zero-order valence-electron chi connectivity index (χ0n) is 1.76.